The second kappa shape index (κ2) is 2.99. The first-order chi connectivity index (χ1) is 4.75. The van der Waals surface area contributed by atoms with Gasteiger partial charge in [0.1, 0.15) is 0 Å². The van der Waals surface area contributed by atoms with Crippen LogP contribution in [0.2, 0.25) is 0 Å². The molecule has 0 fully saturated rings. The van der Waals surface area contributed by atoms with Crippen LogP contribution in [0.15, 0.2) is 23.4 Å². The highest BCUT2D eigenvalue weighted by Crippen LogP contribution is 2.21. The lowest BCUT2D eigenvalue weighted by atomic mass is 10.1. The molecule has 1 heterocycles. The van der Waals surface area contributed by atoms with Gasteiger partial charge in [-0.3, -0.25) is 0 Å². The molecular formula is C8H10OS. The molecule has 0 spiro atoms. The standard InChI is InChI=1S/C8H10OS/c1-3-8(9)7-5-10-4-6(7)2/h3-5,8-9H,1H2,2H3. The van der Waals surface area contributed by atoms with Crippen LogP contribution in [0.5, 0.6) is 0 Å². The number of aryl methyl sites for hydroxylation is 1. The van der Waals surface area contributed by atoms with E-state index in [1.807, 2.05) is 17.7 Å². The molecule has 0 saturated carbocycles. The lowest BCUT2D eigenvalue weighted by molar-refractivity contribution is 0.229. The Kier molecular flexibility index (Phi) is 2.25. The SMILES string of the molecule is C=CC(O)c1cscc1C. The molecule has 1 N–H and O–H groups in total. The maximum absolute atomic E-state index is 9.29. The number of aliphatic hydroxyl groups is 1. The van der Waals surface area contributed by atoms with E-state index in [-0.39, 0.29) is 0 Å². The fourth-order valence-electron chi connectivity index (χ4n) is 0.800. The molecule has 0 amide bonds. The molecule has 0 radical (unpaired) electrons. The van der Waals surface area contributed by atoms with Crippen molar-refractivity contribution in [2.75, 3.05) is 0 Å². The predicted octanol–water partition coefficient (Wildman–Crippen LogP) is 2.28. The van der Waals surface area contributed by atoms with Gasteiger partial charge in [0.25, 0.3) is 0 Å². The van der Waals surface area contributed by atoms with Crippen molar-refractivity contribution in [2.24, 2.45) is 0 Å². The fourth-order valence-corrected chi connectivity index (χ4v) is 1.68. The number of thiophene rings is 1. The summed E-state index contributed by atoms with van der Waals surface area (Å²) in [5, 5.41) is 13.2. The van der Waals surface area contributed by atoms with E-state index in [4.69, 9.17) is 0 Å². The Morgan fingerprint density at radius 1 is 1.70 bits per heavy atom. The van der Waals surface area contributed by atoms with Gasteiger partial charge >= 0.3 is 0 Å². The molecule has 54 valence electrons. The molecule has 0 bridgehead atoms. The Balaban J connectivity index is 2.92. The van der Waals surface area contributed by atoms with Crippen molar-refractivity contribution in [1.82, 2.24) is 0 Å². The van der Waals surface area contributed by atoms with E-state index in [0.717, 1.165) is 11.1 Å². The van der Waals surface area contributed by atoms with E-state index in [1.54, 1.807) is 11.3 Å². The van der Waals surface area contributed by atoms with Crippen molar-refractivity contribution in [2.45, 2.75) is 13.0 Å². The Morgan fingerprint density at radius 2 is 2.40 bits per heavy atom. The summed E-state index contributed by atoms with van der Waals surface area (Å²) in [6, 6.07) is 0. The van der Waals surface area contributed by atoms with Crippen LogP contribution in [0.1, 0.15) is 17.2 Å². The summed E-state index contributed by atoms with van der Waals surface area (Å²) in [6.07, 6.45) is 1.04. The van der Waals surface area contributed by atoms with Crippen molar-refractivity contribution in [1.29, 1.82) is 0 Å². The van der Waals surface area contributed by atoms with E-state index >= 15 is 0 Å². The molecule has 1 unspecified atom stereocenters. The van der Waals surface area contributed by atoms with Gasteiger partial charge in [-0.05, 0) is 28.8 Å². The Bertz CT molecular complexity index is 227. The van der Waals surface area contributed by atoms with E-state index in [9.17, 15) is 5.11 Å². The number of aliphatic hydroxyl groups excluding tert-OH is 1. The fraction of sp³-hybridized carbons (Fsp3) is 0.250. The normalized spacial score (nSPS) is 13.0. The Hall–Kier alpha value is -0.600. The quantitative estimate of drug-likeness (QED) is 0.648. The van der Waals surface area contributed by atoms with Crippen LogP contribution in [0, 0.1) is 6.92 Å². The first-order valence-electron chi connectivity index (χ1n) is 3.09. The van der Waals surface area contributed by atoms with Gasteiger partial charge in [0, 0.05) is 0 Å². The molecular weight excluding hydrogens is 144 g/mol. The molecule has 0 aliphatic carbocycles. The smallest absolute Gasteiger partial charge is 0.0979 e. The average Bonchev–Trinajstić information content (AvgIpc) is 2.34. The molecule has 1 aromatic rings. The molecule has 1 rings (SSSR count). The molecule has 0 aliphatic rings. The third kappa shape index (κ3) is 1.28. The van der Waals surface area contributed by atoms with E-state index in [0.29, 0.717) is 0 Å². The lowest BCUT2D eigenvalue weighted by Crippen LogP contribution is -1.91. The minimum Gasteiger partial charge on any atom is -0.384 e. The van der Waals surface area contributed by atoms with Crippen molar-refractivity contribution in [3.8, 4) is 0 Å². The van der Waals surface area contributed by atoms with Crippen LogP contribution >= 0.6 is 11.3 Å². The second-order valence-electron chi connectivity index (χ2n) is 2.19. The monoisotopic (exact) mass is 154 g/mol. The zero-order chi connectivity index (χ0) is 7.56. The maximum atomic E-state index is 9.29. The predicted molar refractivity (Wildman–Crippen MR) is 44.2 cm³/mol. The Morgan fingerprint density at radius 3 is 2.80 bits per heavy atom. The van der Waals surface area contributed by atoms with Gasteiger partial charge in [-0.15, -0.1) is 6.58 Å². The molecule has 2 heteroatoms. The summed E-state index contributed by atoms with van der Waals surface area (Å²) in [6.45, 7) is 5.50. The lowest BCUT2D eigenvalue weighted by Gasteiger charge is -2.02. The first kappa shape index (κ1) is 7.51. The summed E-state index contributed by atoms with van der Waals surface area (Å²) < 4.78 is 0. The zero-order valence-electron chi connectivity index (χ0n) is 5.87. The van der Waals surface area contributed by atoms with E-state index in [2.05, 4.69) is 6.58 Å². The van der Waals surface area contributed by atoms with Gasteiger partial charge in [0.05, 0.1) is 6.10 Å². The third-order valence-corrected chi connectivity index (χ3v) is 2.32. The topological polar surface area (TPSA) is 20.2 Å². The van der Waals surface area contributed by atoms with E-state index < -0.39 is 6.10 Å². The van der Waals surface area contributed by atoms with Crippen LogP contribution in [-0.2, 0) is 0 Å². The van der Waals surface area contributed by atoms with Crippen LogP contribution in [0.3, 0.4) is 0 Å². The molecule has 1 aromatic heterocycles. The number of hydrogen-bond acceptors (Lipinski definition) is 2. The maximum Gasteiger partial charge on any atom is 0.0979 e. The second-order valence-corrected chi connectivity index (χ2v) is 2.93. The highest BCUT2D eigenvalue weighted by molar-refractivity contribution is 7.08. The molecule has 1 atom stereocenters. The largest absolute Gasteiger partial charge is 0.384 e. The minimum absolute atomic E-state index is 0.494. The summed E-state index contributed by atoms with van der Waals surface area (Å²) in [5.74, 6) is 0. The molecule has 10 heavy (non-hydrogen) atoms. The highest BCUT2D eigenvalue weighted by Gasteiger charge is 2.05. The van der Waals surface area contributed by atoms with Crippen molar-refractivity contribution < 1.29 is 5.11 Å². The van der Waals surface area contributed by atoms with Gasteiger partial charge in [-0.1, -0.05) is 6.08 Å². The molecule has 0 aliphatic heterocycles. The van der Waals surface area contributed by atoms with Crippen LogP contribution in [0.25, 0.3) is 0 Å². The minimum atomic E-state index is -0.494. The van der Waals surface area contributed by atoms with Crippen molar-refractivity contribution >= 4 is 11.3 Å². The number of hydrogen-bond donors (Lipinski definition) is 1. The van der Waals surface area contributed by atoms with Crippen LogP contribution < -0.4 is 0 Å². The molecule has 0 aromatic carbocycles. The summed E-state index contributed by atoms with van der Waals surface area (Å²) in [5.41, 5.74) is 2.11. The molecule has 1 nitrogen and oxygen atoms in total. The summed E-state index contributed by atoms with van der Waals surface area (Å²) in [7, 11) is 0. The van der Waals surface area contributed by atoms with Gasteiger partial charge in [0.15, 0.2) is 0 Å². The van der Waals surface area contributed by atoms with Gasteiger partial charge < -0.3 is 5.11 Å². The van der Waals surface area contributed by atoms with Crippen LogP contribution in [0.4, 0.5) is 0 Å². The zero-order valence-corrected chi connectivity index (χ0v) is 6.69. The van der Waals surface area contributed by atoms with Gasteiger partial charge in [0.2, 0.25) is 0 Å². The third-order valence-electron chi connectivity index (χ3n) is 1.44. The van der Waals surface area contributed by atoms with Gasteiger partial charge in [-0.2, -0.15) is 11.3 Å². The highest BCUT2D eigenvalue weighted by atomic mass is 32.1. The molecule has 0 saturated heterocycles. The Labute approximate surface area is 64.6 Å². The average molecular weight is 154 g/mol. The van der Waals surface area contributed by atoms with Crippen molar-refractivity contribution in [3.05, 3.63) is 34.5 Å². The summed E-state index contributed by atoms with van der Waals surface area (Å²) in [4.78, 5) is 0. The summed E-state index contributed by atoms with van der Waals surface area (Å²) >= 11 is 1.60. The first-order valence-corrected chi connectivity index (χ1v) is 4.03. The van der Waals surface area contributed by atoms with Crippen molar-refractivity contribution in [3.63, 3.8) is 0 Å². The van der Waals surface area contributed by atoms with Gasteiger partial charge in [-0.25, -0.2) is 0 Å². The number of rotatable bonds is 2. The van der Waals surface area contributed by atoms with Crippen LogP contribution in [-0.4, -0.2) is 5.11 Å². The van der Waals surface area contributed by atoms with E-state index in [1.165, 1.54) is 6.08 Å².